The van der Waals surface area contributed by atoms with Gasteiger partial charge in [0.05, 0.1) is 39.6 Å². The van der Waals surface area contributed by atoms with Gasteiger partial charge in [-0.25, -0.2) is 19.2 Å². The Labute approximate surface area is 681 Å². The predicted octanol–water partition coefficient (Wildman–Crippen LogP) is 21.7. The SMILES string of the molecule is C=CC(=O)OCC1C[C@@H]2C3CC(CC3CCC(=O)/C=C/C(=O)OCC3C[C@@H]4C5CC(CC5COC(=O)CCCCCCC5C(CCCCCC)CCC(CCCCCCCC)C5CCCCCCC(=O)OCC5CC6CC5[C@@H]5CC(COC(=O)/C=C/C(=O)CCC7CC8CC7[C@H]7CC(COC(=O)C(=C)C)C[C@@H]87)C[C@H]65)[C@@H]4C3)[C@@H]2C1. The summed E-state index contributed by atoms with van der Waals surface area (Å²) in [6, 6.07) is 0. The Hall–Kier alpha value is -4.88. The van der Waals surface area contributed by atoms with Crippen LogP contribution in [-0.4, -0.2) is 87.0 Å². The topological polar surface area (TPSA) is 192 Å². The van der Waals surface area contributed by atoms with Gasteiger partial charge in [0.25, 0.3) is 0 Å². The van der Waals surface area contributed by atoms with Crippen molar-refractivity contribution in [2.24, 2.45) is 166 Å². The van der Waals surface area contributed by atoms with Crippen LogP contribution in [0.1, 0.15) is 316 Å². The van der Waals surface area contributed by atoms with Gasteiger partial charge in [0, 0.05) is 49.5 Å². The van der Waals surface area contributed by atoms with Crippen LogP contribution >= 0.6 is 0 Å². The van der Waals surface area contributed by atoms with Crippen molar-refractivity contribution in [3.63, 3.8) is 0 Å². The van der Waals surface area contributed by atoms with E-state index >= 15 is 0 Å². The van der Waals surface area contributed by atoms with E-state index in [-0.39, 0.29) is 35.4 Å². The molecule has 0 aromatic carbocycles. The molecular formula is C99H150O14. The summed E-state index contributed by atoms with van der Waals surface area (Å²) in [5.41, 5.74) is 0.451. The Morgan fingerprint density at radius 3 is 1.02 bits per heavy atom. The zero-order valence-corrected chi connectivity index (χ0v) is 70.5. The predicted molar refractivity (Wildman–Crippen MR) is 441 cm³/mol. The number of hydrogen-bond donors (Lipinski definition) is 0. The molecule has 14 heteroatoms. The number of ketones is 2. The number of unbranched alkanes of at least 4 members (excludes halogenated alkanes) is 14. The molecule has 0 aromatic rings. The quantitative estimate of drug-likeness (QED) is 0.0242. The molecule has 0 spiro atoms. The summed E-state index contributed by atoms with van der Waals surface area (Å²) in [5, 5.41) is 0. The van der Waals surface area contributed by atoms with Crippen LogP contribution in [0.4, 0.5) is 0 Å². The minimum absolute atomic E-state index is 0.00411. The highest BCUT2D eigenvalue weighted by Crippen LogP contribution is 2.67. The summed E-state index contributed by atoms with van der Waals surface area (Å²) < 4.78 is 34.7. The molecule has 13 rings (SSSR count). The van der Waals surface area contributed by atoms with E-state index in [1.165, 1.54) is 197 Å². The molecular weight excluding hydrogens is 1410 g/mol. The third-order valence-electron chi connectivity index (χ3n) is 33.8. The summed E-state index contributed by atoms with van der Waals surface area (Å²) in [6.45, 7) is 16.5. The third-order valence-corrected chi connectivity index (χ3v) is 33.8. The molecule has 13 fully saturated rings. The number of carbonyl (C=O) groups is 8. The zero-order valence-electron chi connectivity index (χ0n) is 70.5. The maximum atomic E-state index is 13.4. The smallest absolute Gasteiger partial charge is 0.333 e. The zero-order chi connectivity index (χ0) is 78.9. The van der Waals surface area contributed by atoms with E-state index in [1.807, 2.05) is 0 Å². The van der Waals surface area contributed by atoms with Crippen molar-refractivity contribution >= 4 is 47.4 Å². The number of esters is 6. The lowest BCUT2D eigenvalue weighted by Crippen LogP contribution is -2.35. The van der Waals surface area contributed by atoms with Gasteiger partial charge in [-0.1, -0.05) is 143 Å². The van der Waals surface area contributed by atoms with E-state index in [2.05, 4.69) is 27.0 Å². The first-order valence-electron chi connectivity index (χ1n) is 47.7. The second-order valence-corrected chi connectivity index (χ2v) is 40.5. The minimum atomic E-state index is -0.415. The number of hydrogen-bond acceptors (Lipinski definition) is 14. The highest BCUT2D eigenvalue weighted by Gasteiger charge is 2.60. The number of ether oxygens (including phenoxy) is 6. The van der Waals surface area contributed by atoms with Gasteiger partial charge in [-0.15, -0.1) is 0 Å². The second-order valence-electron chi connectivity index (χ2n) is 40.5. The van der Waals surface area contributed by atoms with E-state index in [1.54, 1.807) is 6.92 Å². The minimum Gasteiger partial charge on any atom is -0.465 e. The maximum Gasteiger partial charge on any atom is 0.333 e. The number of allylic oxidation sites excluding steroid dienone is 2. The fraction of sp³-hybridized carbons (Fsp3) is 0.838. The second kappa shape index (κ2) is 42.2. The standard InChI is InChI=1S/C99H150O14/c1-6-9-11-13-14-20-26-69-32-31-68(25-19-12-10-7-2)80(27-21-15-17-23-29-95(103)111-61-76-51-74-55-88(76)92-46-65(42-84(74)92)58-109-97(105)39-37-78(100)35-33-70-49-72-53-86(70)90-45-64(41-82(72)90)57-108-94(102)8-3)81(69)28-22-16-18-24-30-96(104)112-62-77-52-75-56-89(77)93-47-66(43-85(75)93)59-110-98(106)40-38-79(101)36-34-71-50-73-54-87(71)91-48-67(44-83(73)91)60-113-99(107)63(4)5/h8,37-40,64-77,80-93H,3-4,6-7,9-36,41-62H2,1-2,5H3/b39-37+,40-38+/t64?,65?,66?,67?,68?,69?,70?,71?,72?,73?,74?,75?,76?,77?,80?,81?,82-,83-,84-,85+,86?,87?,88?,89?,90-,91-,92-,93+/m0/s1. The molecule has 8 bridgehead atoms. The van der Waals surface area contributed by atoms with Crippen molar-refractivity contribution in [2.75, 3.05) is 39.6 Å². The van der Waals surface area contributed by atoms with Crippen molar-refractivity contribution in [3.8, 4) is 0 Å². The monoisotopic (exact) mass is 1560 g/mol. The summed E-state index contributed by atoms with van der Waals surface area (Å²) in [5.74, 6) is 15.9. The van der Waals surface area contributed by atoms with Crippen LogP contribution < -0.4 is 0 Å². The van der Waals surface area contributed by atoms with E-state index in [4.69, 9.17) is 28.4 Å². The van der Waals surface area contributed by atoms with Gasteiger partial charge >= 0.3 is 35.8 Å². The molecule has 0 amide bonds. The van der Waals surface area contributed by atoms with Crippen LogP contribution in [0.5, 0.6) is 0 Å². The molecule has 28 atom stereocenters. The van der Waals surface area contributed by atoms with Crippen LogP contribution in [0.25, 0.3) is 0 Å². The molecule has 13 aliphatic carbocycles. The van der Waals surface area contributed by atoms with Crippen molar-refractivity contribution in [1.29, 1.82) is 0 Å². The third kappa shape index (κ3) is 22.7. The van der Waals surface area contributed by atoms with Crippen LogP contribution in [-0.2, 0) is 66.8 Å². The Morgan fingerprint density at radius 1 is 0.301 bits per heavy atom. The highest BCUT2D eigenvalue weighted by atomic mass is 16.6. The Kier molecular flexibility index (Phi) is 32.1. The van der Waals surface area contributed by atoms with Crippen LogP contribution in [0.3, 0.4) is 0 Å². The molecule has 14 nitrogen and oxygen atoms in total. The summed E-state index contributed by atoms with van der Waals surface area (Å²) in [4.78, 5) is 102. The first-order chi connectivity index (χ1) is 55.0. The van der Waals surface area contributed by atoms with Crippen molar-refractivity contribution < 1.29 is 66.8 Å². The van der Waals surface area contributed by atoms with Crippen LogP contribution in [0.15, 0.2) is 49.1 Å². The number of rotatable bonds is 50. The Balaban J connectivity index is 0.476. The lowest BCUT2D eigenvalue weighted by Gasteiger charge is -2.44. The van der Waals surface area contributed by atoms with Crippen molar-refractivity contribution in [2.45, 2.75) is 316 Å². The first-order valence-corrected chi connectivity index (χ1v) is 47.7. The van der Waals surface area contributed by atoms with E-state index in [0.29, 0.717) is 189 Å². The van der Waals surface area contributed by atoms with Gasteiger partial charge in [-0.2, -0.15) is 0 Å². The molecule has 630 valence electrons. The lowest BCUT2D eigenvalue weighted by atomic mass is 9.61. The largest absolute Gasteiger partial charge is 0.465 e. The van der Waals surface area contributed by atoms with Gasteiger partial charge in [0.15, 0.2) is 11.6 Å². The summed E-state index contributed by atoms with van der Waals surface area (Å²) >= 11 is 0. The van der Waals surface area contributed by atoms with Gasteiger partial charge in [-0.3, -0.25) is 19.2 Å². The highest BCUT2D eigenvalue weighted by molar-refractivity contribution is 5.96. The fourth-order valence-corrected chi connectivity index (χ4v) is 28.9. The van der Waals surface area contributed by atoms with Gasteiger partial charge in [0.2, 0.25) is 0 Å². The molecule has 20 unspecified atom stereocenters. The Bertz CT molecular complexity index is 3240. The molecule has 13 saturated carbocycles. The molecule has 0 saturated heterocycles. The number of carbonyl (C=O) groups excluding carboxylic acids is 8. The molecule has 113 heavy (non-hydrogen) atoms. The average molecular weight is 1560 g/mol. The fourth-order valence-electron chi connectivity index (χ4n) is 28.9. The van der Waals surface area contributed by atoms with Gasteiger partial charge in [0.1, 0.15) is 0 Å². The molecule has 0 radical (unpaired) electrons. The summed E-state index contributed by atoms with van der Waals surface area (Å²) in [6.07, 6.45) is 59.5. The van der Waals surface area contributed by atoms with Crippen molar-refractivity contribution in [3.05, 3.63) is 49.1 Å². The summed E-state index contributed by atoms with van der Waals surface area (Å²) in [7, 11) is 0. The maximum absolute atomic E-state index is 13.4. The van der Waals surface area contributed by atoms with Crippen LogP contribution in [0, 0.1) is 166 Å². The van der Waals surface area contributed by atoms with Gasteiger partial charge in [-0.05, 0) is 339 Å². The normalized spacial score (nSPS) is 36.9. The molecule has 0 aromatic heterocycles. The van der Waals surface area contributed by atoms with E-state index in [0.717, 1.165) is 150 Å². The van der Waals surface area contributed by atoms with E-state index < -0.39 is 11.9 Å². The Morgan fingerprint density at radius 2 is 0.628 bits per heavy atom. The van der Waals surface area contributed by atoms with Gasteiger partial charge < -0.3 is 28.4 Å². The van der Waals surface area contributed by atoms with Crippen molar-refractivity contribution in [1.82, 2.24) is 0 Å². The molecule has 13 aliphatic rings. The molecule has 0 aliphatic heterocycles. The number of fused-ring (bicyclic) bond motifs is 20. The molecule has 0 N–H and O–H groups in total. The molecule has 0 heterocycles. The average Bonchev–Trinajstić information content (AvgIpc) is 1.61. The van der Waals surface area contributed by atoms with E-state index in [9.17, 15) is 38.4 Å². The lowest BCUT2D eigenvalue weighted by molar-refractivity contribution is -0.147. The van der Waals surface area contributed by atoms with Crippen LogP contribution in [0.2, 0.25) is 0 Å². The first kappa shape index (κ1) is 86.0.